The maximum Gasteiger partial charge on any atom is 0.223 e. The Hall–Kier alpha value is -1.06. The minimum Gasteiger partial charge on any atom is -0.353 e. The van der Waals surface area contributed by atoms with Gasteiger partial charge in [-0.05, 0) is 77.0 Å². The molecule has 2 N–H and O–H groups in total. The van der Waals surface area contributed by atoms with E-state index in [1.807, 2.05) is 0 Å². The quantitative estimate of drug-likeness (QED) is 0.590. The first-order valence-electron chi connectivity index (χ1n) is 10.8. The second-order valence-corrected chi connectivity index (χ2v) is 9.31. The van der Waals surface area contributed by atoms with Gasteiger partial charge in [0.15, 0.2) is 0 Å². The Kier molecular flexibility index (Phi) is 10.3. The van der Waals surface area contributed by atoms with E-state index in [-0.39, 0.29) is 35.7 Å². The zero-order valence-electron chi connectivity index (χ0n) is 17.9. The largest absolute Gasteiger partial charge is 0.353 e. The Morgan fingerprint density at radius 1 is 0.654 bits per heavy atom. The van der Waals surface area contributed by atoms with Crippen molar-refractivity contribution in [3.8, 4) is 0 Å². The van der Waals surface area contributed by atoms with E-state index in [1.54, 1.807) is 0 Å². The van der Waals surface area contributed by atoms with Crippen LogP contribution in [0.3, 0.4) is 0 Å². The second kappa shape index (κ2) is 11.6. The highest BCUT2D eigenvalue weighted by Gasteiger charge is 2.30. The number of carbonyl (C=O) groups excluding carboxylic acids is 2. The van der Waals surface area contributed by atoms with Gasteiger partial charge in [0.05, 0.1) is 0 Å². The molecular weight excluding hydrogens is 324 g/mol. The lowest BCUT2D eigenvalue weighted by atomic mass is 9.81. The van der Waals surface area contributed by atoms with Crippen molar-refractivity contribution in [1.29, 1.82) is 0 Å². The normalized spacial score (nSPS) is 22.9. The third-order valence-electron chi connectivity index (χ3n) is 5.60. The fourth-order valence-electron chi connectivity index (χ4n) is 3.65. The molecule has 0 bridgehead atoms. The summed E-state index contributed by atoms with van der Waals surface area (Å²) in [5.41, 5.74) is 0. The van der Waals surface area contributed by atoms with Crippen molar-refractivity contribution in [3.05, 3.63) is 0 Å². The first-order valence-corrected chi connectivity index (χ1v) is 10.8. The molecule has 0 heterocycles. The SMILES string of the molecule is CC(C)CCC(C)NC(=O)C1CCC(C(=O)NC(C)CCC(C)C)CC1. The molecule has 0 aromatic carbocycles. The van der Waals surface area contributed by atoms with E-state index < -0.39 is 0 Å². The minimum absolute atomic E-state index is 0.0823. The van der Waals surface area contributed by atoms with Crippen molar-refractivity contribution in [2.45, 2.75) is 105 Å². The van der Waals surface area contributed by atoms with E-state index >= 15 is 0 Å². The summed E-state index contributed by atoms with van der Waals surface area (Å²) in [7, 11) is 0. The standard InChI is InChI=1S/C22H42N2O2/c1-15(2)7-9-17(5)23-21(25)19-11-13-20(14-12-19)22(26)24-18(6)10-8-16(3)4/h15-20H,7-14H2,1-6H3,(H,23,25)(H,24,26). The molecule has 0 radical (unpaired) electrons. The number of carbonyl (C=O) groups is 2. The Labute approximate surface area is 161 Å². The molecule has 0 spiro atoms. The lowest BCUT2D eigenvalue weighted by molar-refractivity contribution is -0.131. The smallest absolute Gasteiger partial charge is 0.223 e. The maximum atomic E-state index is 12.4. The predicted molar refractivity (Wildman–Crippen MR) is 109 cm³/mol. The summed E-state index contributed by atoms with van der Waals surface area (Å²) in [5.74, 6) is 1.88. The molecule has 2 amide bonds. The number of nitrogens with one attached hydrogen (secondary N) is 2. The molecule has 2 atom stereocenters. The van der Waals surface area contributed by atoms with Crippen molar-refractivity contribution in [1.82, 2.24) is 10.6 Å². The topological polar surface area (TPSA) is 58.2 Å². The number of hydrogen-bond donors (Lipinski definition) is 2. The number of amides is 2. The van der Waals surface area contributed by atoms with Crippen LogP contribution in [0.5, 0.6) is 0 Å². The average molecular weight is 367 g/mol. The van der Waals surface area contributed by atoms with E-state index in [0.29, 0.717) is 11.8 Å². The van der Waals surface area contributed by atoms with Crippen molar-refractivity contribution in [2.24, 2.45) is 23.7 Å². The maximum absolute atomic E-state index is 12.4. The summed E-state index contributed by atoms with van der Waals surface area (Å²) in [4.78, 5) is 24.9. The van der Waals surface area contributed by atoms with Gasteiger partial charge in [0.1, 0.15) is 0 Å². The third-order valence-corrected chi connectivity index (χ3v) is 5.60. The van der Waals surface area contributed by atoms with Gasteiger partial charge in [0.25, 0.3) is 0 Å². The molecule has 26 heavy (non-hydrogen) atoms. The number of hydrogen-bond acceptors (Lipinski definition) is 2. The molecular formula is C22H42N2O2. The van der Waals surface area contributed by atoms with Crippen LogP contribution in [-0.4, -0.2) is 23.9 Å². The van der Waals surface area contributed by atoms with Gasteiger partial charge in [-0.3, -0.25) is 9.59 Å². The van der Waals surface area contributed by atoms with Gasteiger partial charge in [-0.1, -0.05) is 27.7 Å². The molecule has 0 aliphatic heterocycles. The second-order valence-electron chi connectivity index (χ2n) is 9.31. The van der Waals surface area contributed by atoms with Crippen LogP contribution in [0.1, 0.15) is 92.9 Å². The van der Waals surface area contributed by atoms with Crippen molar-refractivity contribution < 1.29 is 9.59 Å². The zero-order chi connectivity index (χ0) is 19.7. The first-order chi connectivity index (χ1) is 12.2. The highest BCUT2D eigenvalue weighted by atomic mass is 16.2. The molecule has 0 aromatic rings. The summed E-state index contributed by atoms with van der Waals surface area (Å²) in [6.45, 7) is 13.0. The van der Waals surface area contributed by atoms with Crippen LogP contribution >= 0.6 is 0 Å². The van der Waals surface area contributed by atoms with E-state index in [4.69, 9.17) is 0 Å². The highest BCUT2D eigenvalue weighted by molar-refractivity contribution is 5.81. The van der Waals surface area contributed by atoms with Gasteiger partial charge in [-0.2, -0.15) is 0 Å². The molecule has 152 valence electrons. The van der Waals surface area contributed by atoms with E-state index in [0.717, 1.165) is 51.4 Å². The Morgan fingerprint density at radius 2 is 0.962 bits per heavy atom. The molecule has 4 heteroatoms. The molecule has 1 aliphatic rings. The van der Waals surface area contributed by atoms with Crippen molar-refractivity contribution >= 4 is 11.8 Å². The average Bonchev–Trinajstić information content (AvgIpc) is 2.58. The monoisotopic (exact) mass is 366 g/mol. The van der Waals surface area contributed by atoms with Gasteiger partial charge in [-0.15, -0.1) is 0 Å². The molecule has 4 nitrogen and oxygen atoms in total. The van der Waals surface area contributed by atoms with Crippen LogP contribution in [0.15, 0.2) is 0 Å². The van der Waals surface area contributed by atoms with E-state index in [2.05, 4.69) is 52.2 Å². The van der Waals surface area contributed by atoms with Gasteiger partial charge >= 0.3 is 0 Å². The van der Waals surface area contributed by atoms with Crippen LogP contribution in [-0.2, 0) is 9.59 Å². The van der Waals surface area contributed by atoms with Crippen LogP contribution < -0.4 is 10.6 Å². The zero-order valence-corrected chi connectivity index (χ0v) is 17.9. The fraction of sp³-hybridized carbons (Fsp3) is 0.909. The molecule has 0 aromatic heterocycles. The van der Waals surface area contributed by atoms with Gasteiger partial charge in [-0.25, -0.2) is 0 Å². The van der Waals surface area contributed by atoms with Gasteiger partial charge < -0.3 is 10.6 Å². The van der Waals surface area contributed by atoms with Crippen LogP contribution in [0.4, 0.5) is 0 Å². The lowest BCUT2D eigenvalue weighted by Gasteiger charge is -2.29. The Balaban J connectivity index is 2.30. The molecule has 2 unspecified atom stereocenters. The molecule has 0 saturated heterocycles. The van der Waals surface area contributed by atoms with Gasteiger partial charge in [0, 0.05) is 23.9 Å². The molecule has 1 aliphatic carbocycles. The van der Waals surface area contributed by atoms with Gasteiger partial charge in [0.2, 0.25) is 11.8 Å². The molecule has 1 rings (SSSR count). The highest BCUT2D eigenvalue weighted by Crippen LogP contribution is 2.29. The molecule has 1 fully saturated rings. The summed E-state index contributed by atoms with van der Waals surface area (Å²) >= 11 is 0. The fourth-order valence-corrected chi connectivity index (χ4v) is 3.65. The molecule has 1 saturated carbocycles. The third kappa shape index (κ3) is 9.05. The lowest BCUT2D eigenvalue weighted by Crippen LogP contribution is -2.42. The minimum atomic E-state index is 0.0823. The summed E-state index contributed by atoms with van der Waals surface area (Å²) in [6.07, 6.45) is 7.70. The van der Waals surface area contributed by atoms with E-state index in [9.17, 15) is 9.59 Å². The summed E-state index contributed by atoms with van der Waals surface area (Å²) < 4.78 is 0. The van der Waals surface area contributed by atoms with E-state index in [1.165, 1.54) is 0 Å². The van der Waals surface area contributed by atoms with Crippen LogP contribution in [0, 0.1) is 23.7 Å². The van der Waals surface area contributed by atoms with Crippen molar-refractivity contribution in [2.75, 3.05) is 0 Å². The van der Waals surface area contributed by atoms with Crippen LogP contribution in [0.25, 0.3) is 0 Å². The number of rotatable bonds is 10. The van der Waals surface area contributed by atoms with Crippen LogP contribution in [0.2, 0.25) is 0 Å². The Bertz CT molecular complexity index is 386. The first kappa shape index (κ1) is 23.0. The van der Waals surface area contributed by atoms with Crippen molar-refractivity contribution in [3.63, 3.8) is 0 Å². The Morgan fingerprint density at radius 3 is 1.23 bits per heavy atom. The summed E-state index contributed by atoms with van der Waals surface area (Å²) in [5, 5.41) is 6.34. The summed E-state index contributed by atoms with van der Waals surface area (Å²) in [6, 6.07) is 0.487. The predicted octanol–water partition coefficient (Wildman–Crippen LogP) is 4.67.